The highest BCUT2D eigenvalue weighted by molar-refractivity contribution is 6.28. The molecule has 1 aliphatic rings. The van der Waals surface area contributed by atoms with Gasteiger partial charge in [-0.25, -0.2) is 9.97 Å². The second-order valence-electron chi connectivity index (χ2n) is 3.28. The second kappa shape index (κ2) is 5.20. The van der Waals surface area contributed by atoms with Crippen molar-refractivity contribution in [1.82, 2.24) is 15.3 Å². The third-order valence-electron chi connectivity index (χ3n) is 2.12. The summed E-state index contributed by atoms with van der Waals surface area (Å²) in [5.41, 5.74) is 0. The minimum atomic E-state index is -0.345. The SMILES string of the molecule is O=C(Nc1ccnc(Cl)n1)C1COCCN1. The van der Waals surface area contributed by atoms with Gasteiger partial charge in [-0.1, -0.05) is 0 Å². The van der Waals surface area contributed by atoms with Gasteiger partial charge in [-0.3, -0.25) is 4.79 Å². The van der Waals surface area contributed by atoms with Crippen molar-refractivity contribution in [3.63, 3.8) is 0 Å². The largest absolute Gasteiger partial charge is 0.378 e. The Morgan fingerprint density at radius 2 is 2.56 bits per heavy atom. The van der Waals surface area contributed by atoms with Gasteiger partial charge in [0.1, 0.15) is 11.9 Å². The summed E-state index contributed by atoms with van der Waals surface area (Å²) in [5, 5.41) is 5.78. The van der Waals surface area contributed by atoms with Crippen LogP contribution in [-0.2, 0) is 9.53 Å². The summed E-state index contributed by atoms with van der Waals surface area (Å²) in [7, 11) is 0. The zero-order valence-corrected chi connectivity index (χ0v) is 9.20. The smallest absolute Gasteiger partial charge is 0.245 e. The highest BCUT2D eigenvalue weighted by atomic mass is 35.5. The molecule has 16 heavy (non-hydrogen) atoms. The molecule has 0 aliphatic carbocycles. The summed E-state index contributed by atoms with van der Waals surface area (Å²) in [4.78, 5) is 19.3. The fourth-order valence-electron chi connectivity index (χ4n) is 1.35. The van der Waals surface area contributed by atoms with Crippen LogP contribution in [-0.4, -0.2) is 41.7 Å². The van der Waals surface area contributed by atoms with Gasteiger partial charge in [0.05, 0.1) is 13.2 Å². The predicted octanol–water partition coefficient (Wildman–Crippen LogP) is 0.0569. The van der Waals surface area contributed by atoms with Gasteiger partial charge in [0.15, 0.2) is 0 Å². The molecule has 86 valence electrons. The number of nitrogens with one attached hydrogen (secondary N) is 2. The summed E-state index contributed by atoms with van der Waals surface area (Å²) >= 11 is 5.60. The number of hydrogen-bond donors (Lipinski definition) is 2. The number of ether oxygens (including phenoxy) is 1. The quantitative estimate of drug-likeness (QED) is 0.717. The molecule has 1 saturated heterocycles. The van der Waals surface area contributed by atoms with Gasteiger partial charge in [-0.15, -0.1) is 0 Å². The van der Waals surface area contributed by atoms with Crippen molar-refractivity contribution >= 4 is 23.3 Å². The molecule has 2 N–H and O–H groups in total. The van der Waals surface area contributed by atoms with Gasteiger partial charge in [-0.2, -0.15) is 0 Å². The molecule has 0 radical (unpaired) electrons. The first-order valence-corrected chi connectivity index (χ1v) is 5.24. The Morgan fingerprint density at radius 1 is 1.69 bits per heavy atom. The Hall–Kier alpha value is -1.24. The van der Waals surface area contributed by atoms with Crippen LogP contribution in [0.15, 0.2) is 12.3 Å². The maximum absolute atomic E-state index is 11.7. The number of morpholine rings is 1. The lowest BCUT2D eigenvalue weighted by atomic mass is 10.2. The number of amides is 1. The topological polar surface area (TPSA) is 76.1 Å². The van der Waals surface area contributed by atoms with Crippen LogP contribution in [0, 0.1) is 0 Å². The van der Waals surface area contributed by atoms with E-state index in [0.717, 1.165) is 0 Å². The van der Waals surface area contributed by atoms with Crippen molar-refractivity contribution in [3.05, 3.63) is 17.5 Å². The highest BCUT2D eigenvalue weighted by Crippen LogP contribution is 2.06. The van der Waals surface area contributed by atoms with Crippen LogP contribution < -0.4 is 10.6 Å². The molecule has 0 bridgehead atoms. The standard InChI is InChI=1S/C9H11ClN4O2/c10-9-12-2-1-7(14-9)13-8(15)6-5-16-4-3-11-6/h1-2,6,11H,3-5H2,(H,12,13,14,15). The van der Waals surface area contributed by atoms with E-state index in [2.05, 4.69) is 20.6 Å². The lowest BCUT2D eigenvalue weighted by Gasteiger charge is -2.22. The molecule has 7 heteroatoms. The molecule has 2 rings (SSSR count). The molecule has 1 atom stereocenters. The van der Waals surface area contributed by atoms with Gasteiger partial charge < -0.3 is 15.4 Å². The van der Waals surface area contributed by atoms with E-state index >= 15 is 0 Å². The fraction of sp³-hybridized carbons (Fsp3) is 0.444. The van der Waals surface area contributed by atoms with E-state index in [1.165, 1.54) is 6.20 Å². The van der Waals surface area contributed by atoms with Crippen LogP contribution in [0.2, 0.25) is 5.28 Å². The third kappa shape index (κ3) is 2.88. The normalized spacial score (nSPS) is 20.4. The Bertz CT molecular complexity index is 382. The van der Waals surface area contributed by atoms with E-state index < -0.39 is 0 Å². The van der Waals surface area contributed by atoms with E-state index in [1.54, 1.807) is 6.07 Å². The first-order valence-electron chi connectivity index (χ1n) is 4.86. The Labute approximate surface area is 97.4 Å². The van der Waals surface area contributed by atoms with Crippen molar-refractivity contribution < 1.29 is 9.53 Å². The van der Waals surface area contributed by atoms with Crippen molar-refractivity contribution in [3.8, 4) is 0 Å². The van der Waals surface area contributed by atoms with Crippen LogP contribution in [0.3, 0.4) is 0 Å². The Morgan fingerprint density at radius 3 is 3.25 bits per heavy atom. The number of carbonyl (C=O) groups is 1. The number of nitrogens with zero attached hydrogens (tertiary/aromatic N) is 2. The van der Waals surface area contributed by atoms with E-state index in [-0.39, 0.29) is 17.2 Å². The summed E-state index contributed by atoms with van der Waals surface area (Å²) in [6.07, 6.45) is 1.48. The van der Waals surface area contributed by atoms with E-state index in [4.69, 9.17) is 16.3 Å². The van der Waals surface area contributed by atoms with Crippen molar-refractivity contribution in [2.45, 2.75) is 6.04 Å². The van der Waals surface area contributed by atoms with Crippen LogP contribution in [0.25, 0.3) is 0 Å². The monoisotopic (exact) mass is 242 g/mol. The summed E-state index contributed by atoms with van der Waals surface area (Å²) < 4.78 is 5.18. The zero-order chi connectivity index (χ0) is 11.4. The maximum atomic E-state index is 11.7. The highest BCUT2D eigenvalue weighted by Gasteiger charge is 2.21. The number of aromatic nitrogens is 2. The van der Waals surface area contributed by atoms with Gasteiger partial charge in [-0.05, 0) is 17.7 Å². The van der Waals surface area contributed by atoms with Gasteiger partial charge in [0.2, 0.25) is 11.2 Å². The molecule has 0 aromatic carbocycles. The molecular formula is C9H11ClN4O2. The van der Waals surface area contributed by atoms with E-state index in [0.29, 0.717) is 25.6 Å². The molecule has 1 amide bonds. The molecule has 6 nitrogen and oxygen atoms in total. The molecule has 2 heterocycles. The number of hydrogen-bond acceptors (Lipinski definition) is 5. The summed E-state index contributed by atoms with van der Waals surface area (Å²) in [6, 6.07) is 1.23. The average molecular weight is 243 g/mol. The molecule has 1 unspecified atom stereocenters. The van der Waals surface area contributed by atoms with Crippen LogP contribution in [0.5, 0.6) is 0 Å². The van der Waals surface area contributed by atoms with Crippen molar-refractivity contribution in [2.75, 3.05) is 25.1 Å². The fourth-order valence-corrected chi connectivity index (χ4v) is 1.50. The van der Waals surface area contributed by atoms with Crippen molar-refractivity contribution in [2.24, 2.45) is 0 Å². The summed E-state index contributed by atoms with van der Waals surface area (Å²) in [6.45, 7) is 1.66. The second-order valence-corrected chi connectivity index (χ2v) is 3.62. The van der Waals surface area contributed by atoms with Crippen LogP contribution in [0.4, 0.5) is 5.82 Å². The van der Waals surface area contributed by atoms with Gasteiger partial charge in [0.25, 0.3) is 0 Å². The zero-order valence-electron chi connectivity index (χ0n) is 8.44. The average Bonchev–Trinajstić information content (AvgIpc) is 2.30. The van der Waals surface area contributed by atoms with Crippen LogP contribution >= 0.6 is 11.6 Å². The number of carbonyl (C=O) groups excluding carboxylic acids is 1. The molecule has 0 spiro atoms. The van der Waals surface area contributed by atoms with Crippen molar-refractivity contribution in [1.29, 1.82) is 0 Å². The molecule has 1 aliphatic heterocycles. The molecule has 1 aromatic heterocycles. The number of rotatable bonds is 2. The summed E-state index contributed by atoms with van der Waals surface area (Å²) in [5.74, 6) is 0.201. The molecule has 1 fully saturated rings. The van der Waals surface area contributed by atoms with Gasteiger partial charge in [0, 0.05) is 12.7 Å². The van der Waals surface area contributed by atoms with Crippen LogP contribution in [0.1, 0.15) is 0 Å². The molecular weight excluding hydrogens is 232 g/mol. The number of halogens is 1. The minimum Gasteiger partial charge on any atom is -0.378 e. The maximum Gasteiger partial charge on any atom is 0.245 e. The van der Waals surface area contributed by atoms with E-state index in [9.17, 15) is 4.79 Å². The first-order chi connectivity index (χ1) is 7.75. The number of anilines is 1. The molecule has 1 aromatic rings. The Balaban J connectivity index is 1.96. The lowest BCUT2D eigenvalue weighted by Crippen LogP contribution is -2.48. The Kier molecular flexibility index (Phi) is 3.66. The predicted molar refractivity (Wildman–Crippen MR) is 58.3 cm³/mol. The molecule has 0 saturated carbocycles. The third-order valence-corrected chi connectivity index (χ3v) is 2.30. The van der Waals surface area contributed by atoms with E-state index in [1.807, 2.05) is 0 Å². The lowest BCUT2D eigenvalue weighted by molar-refractivity contribution is -0.120. The minimum absolute atomic E-state index is 0.102. The van der Waals surface area contributed by atoms with Gasteiger partial charge >= 0.3 is 0 Å². The first kappa shape index (κ1) is 11.3.